The zero-order valence-electron chi connectivity index (χ0n) is 13.0. The summed E-state index contributed by atoms with van der Waals surface area (Å²) >= 11 is 1.86. The monoisotopic (exact) mass is 298 g/mol. The molecule has 4 nitrogen and oxygen atoms in total. The van der Waals surface area contributed by atoms with Crippen molar-refractivity contribution in [1.82, 2.24) is 9.80 Å². The number of carbonyl (C=O) groups is 2. The Morgan fingerprint density at radius 2 is 1.90 bits per heavy atom. The van der Waals surface area contributed by atoms with E-state index in [2.05, 4.69) is 13.8 Å². The van der Waals surface area contributed by atoms with E-state index in [0.717, 1.165) is 25.3 Å². The second kappa shape index (κ2) is 5.96. The molecule has 1 atom stereocenters. The van der Waals surface area contributed by atoms with Crippen LogP contribution in [0.1, 0.15) is 40.5 Å². The Morgan fingerprint density at radius 3 is 2.50 bits per heavy atom. The van der Waals surface area contributed by atoms with Gasteiger partial charge >= 0.3 is 0 Å². The van der Waals surface area contributed by atoms with Crippen LogP contribution in [0.4, 0.5) is 0 Å². The summed E-state index contributed by atoms with van der Waals surface area (Å²) in [5.74, 6) is 1.88. The number of rotatable bonds is 3. The van der Waals surface area contributed by atoms with E-state index in [9.17, 15) is 9.59 Å². The molecule has 1 unspecified atom stereocenters. The number of amides is 2. The molecule has 0 aromatic carbocycles. The molecule has 0 saturated carbocycles. The largest absolute Gasteiger partial charge is 0.339 e. The van der Waals surface area contributed by atoms with Crippen molar-refractivity contribution in [3.05, 3.63) is 0 Å². The van der Waals surface area contributed by atoms with Crippen molar-refractivity contribution in [2.45, 2.75) is 45.4 Å². The summed E-state index contributed by atoms with van der Waals surface area (Å²) in [5.41, 5.74) is 0. The Labute approximate surface area is 126 Å². The molecule has 5 heteroatoms. The molecule has 2 fully saturated rings. The van der Waals surface area contributed by atoms with Crippen LogP contribution in [0.15, 0.2) is 0 Å². The molecule has 20 heavy (non-hydrogen) atoms. The Bertz CT molecular complexity index is 397. The lowest BCUT2D eigenvalue weighted by atomic mass is 10.1. The Hall–Kier alpha value is -0.710. The van der Waals surface area contributed by atoms with Crippen molar-refractivity contribution in [3.63, 3.8) is 0 Å². The average Bonchev–Trinajstić information content (AvgIpc) is 2.96. The van der Waals surface area contributed by atoms with Crippen molar-refractivity contribution in [1.29, 1.82) is 0 Å². The lowest BCUT2D eigenvalue weighted by Crippen LogP contribution is -2.49. The van der Waals surface area contributed by atoms with Gasteiger partial charge in [-0.05, 0) is 12.3 Å². The second-order valence-electron chi connectivity index (χ2n) is 6.60. The number of likely N-dealkylation sites (tertiary alicyclic amines) is 1. The van der Waals surface area contributed by atoms with Gasteiger partial charge in [0.05, 0.1) is 6.54 Å². The fourth-order valence-corrected chi connectivity index (χ4v) is 4.50. The standard InChI is InChI=1S/C15H26N2O2S/c1-11(2)9-13(18)16-6-5-15(10-16)17(7-8-20-15)14(19)12(3)4/h11-12H,5-10H2,1-4H3. The summed E-state index contributed by atoms with van der Waals surface area (Å²) in [5, 5.41) is 0. The summed E-state index contributed by atoms with van der Waals surface area (Å²) in [4.78, 5) is 28.4. The number of carbonyl (C=O) groups excluding carboxylic acids is 2. The van der Waals surface area contributed by atoms with E-state index in [4.69, 9.17) is 0 Å². The van der Waals surface area contributed by atoms with Crippen molar-refractivity contribution >= 4 is 23.6 Å². The Kier molecular flexibility index (Phi) is 4.67. The van der Waals surface area contributed by atoms with Gasteiger partial charge in [0.1, 0.15) is 4.87 Å². The molecule has 2 amide bonds. The topological polar surface area (TPSA) is 40.6 Å². The summed E-state index contributed by atoms with van der Waals surface area (Å²) in [6, 6.07) is 0. The fraction of sp³-hybridized carbons (Fsp3) is 0.867. The number of hydrogen-bond donors (Lipinski definition) is 0. The lowest BCUT2D eigenvalue weighted by Gasteiger charge is -2.35. The van der Waals surface area contributed by atoms with Gasteiger partial charge in [-0.25, -0.2) is 0 Å². The van der Waals surface area contributed by atoms with Crippen LogP contribution in [0.2, 0.25) is 0 Å². The van der Waals surface area contributed by atoms with Gasteiger partial charge in [0.25, 0.3) is 0 Å². The molecular weight excluding hydrogens is 272 g/mol. The molecule has 2 heterocycles. The molecule has 1 spiro atoms. The van der Waals surface area contributed by atoms with E-state index in [0.29, 0.717) is 18.9 Å². The van der Waals surface area contributed by atoms with E-state index >= 15 is 0 Å². The molecule has 2 aliphatic rings. The third-order valence-corrected chi connectivity index (χ3v) is 5.56. The minimum absolute atomic E-state index is 0.0333. The van der Waals surface area contributed by atoms with Crippen molar-refractivity contribution in [3.8, 4) is 0 Å². The van der Waals surface area contributed by atoms with Crippen LogP contribution in [0.25, 0.3) is 0 Å². The Balaban J connectivity index is 2.06. The highest BCUT2D eigenvalue weighted by molar-refractivity contribution is 8.00. The third-order valence-electron chi connectivity index (χ3n) is 4.08. The predicted molar refractivity (Wildman–Crippen MR) is 82.4 cm³/mol. The van der Waals surface area contributed by atoms with Gasteiger partial charge in [0.2, 0.25) is 11.8 Å². The van der Waals surface area contributed by atoms with Crippen LogP contribution in [-0.2, 0) is 9.59 Å². The summed E-state index contributed by atoms with van der Waals surface area (Å²) < 4.78 is 0. The summed E-state index contributed by atoms with van der Waals surface area (Å²) in [7, 11) is 0. The third kappa shape index (κ3) is 2.97. The highest BCUT2D eigenvalue weighted by atomic mass is 32.2. The van der Waals surface area contributed by atoms with Crippen molar-refractivity contribution in [2.75, 3.05) is 25.4 Å². The van der Waals surface area contributed by atoms with E-state index in [1.807, 2.05) is 35.4 Å². The molecule has 2 rings (SSSR count). The molecule has 0 bridgehead atoms. The molecule has 0 aromatic rings. The van der Waals surface area contributed by atoms with E-state index in [1.165, 1.54) is 0 Å². The molecule has 0 aromatic heterocycles. The van der Waals surface area contributed by atoms with E-state index in [1.54, 1.807) is 0 Å². The number of hydrogen-bond acceptors (Lipinski definition) is 3. The number of thioether (sulfide) groups is 1. The van der Waals surface area contributed by atoms with Gasteiger partial charge in [0.15, 0.2) is 0 Å². The molecule has 0 aliphatic carbocycles. The fourth-order valence-electron chi connectivity index (χ4n) is 3.03. The first-order valence-electron chi connectivity index (χ1n) is 7.59. The van der Waals surface area contributed by atoms with Gasteiger partial charge in [-0.3, -0.25) is 9.59 Å². The molecule has 114 valence electrons. The molecule has 0 radical (unpaired) electrons. The van der Waals surface area contributed by atoms with Crippen LogP contribution in [0.5, 0.6) is 0 Å². The van der Waals surface area contributed by atoms with Gasteiger partial charge in [0, 0.05) is 31.2 Å². The lowest BCUT2D eigenvalue weighted by molar-refractivity contribution is -0.138. The zero-order valence-corrected chi connectivity index (χ0v) is 13.8. The summed E-state index contributed by atoms with van der Waals surface area (Å²) in [6.45, 7) is 10.4. The maximum Gasteiger partial charge on any atom is 0.226 e. The smallest absolute Gasteiger partial charge is 0.226 e. The highest BCUT2D eigenvalue weighted by Gasteiger charge is 2.50. The minimum atomic E-state index is -0.145. The highest BCUT2D eigenvalue weighted by Crippen LogP contribution is 2.43. The van der Waals surface area contributed by atoms with Crippen molar-refractivity contribution < 1.29 is 9.59 Å². The van der Waals surface area contributed by atoms with Crippen LogP contribution in [0.3, 0.4) is 0 Å². The Morgan fingerprint density at radius 1 is 1.20 bits per heavy atom. The molecular formula is C15H26N2O2S. The summed E-state index contributed by atoms with van der Waals surface area (Å²) in [6.07, 6.45) is 1.53. The number of nitrogens with zero attached hydrogens (tertiary/aromatic N) is 2. The van der Waals surface area contributed by atoms with Gasteiger partial charge in [-0.1, -0.05) is 27.7 Å². The van der Waals surface area contributed by atoms with E-state index < -0.39 is 0 Å². The van der Waals surface area contributed by atoms with Crippen LogP contribution < -0.4 is 0 Å². The first-order valence-corrected chi connectivity index (χ1v) is 8.57. The van der Waals surface area contributed by atoms with Crippen molar-refractivity contribution in [2.24, 2.45) is 11.8 Å². The molecule has 0 N–H and O–H groups in total. The van der Waals surface area contributed by atoms with Crippen LogP contribution in [0, 0.1) is 11.8 Å². The predicted octanol–water partition coefficient (Wildman–Crippen LogP) is 2.19. The first-order chi connectivity index (χ1) is 9.35. The minimum Gasteiger partial charge on any atom is -0.339 e. The van der Waals surface area contributed by atoms with Gasteiger partial charge in [-0.2, -0.15) is 0 Å². The average molecular weight is 298 g/mol. The zero-order chi connectivity index (χ0) is 14.9. The maximum atomic E-state index is 12.4. The quantitative estimate of drug-likeness (QED) is 0.802. The van der Waals surface area contributed by atoms with Gasteiger partial charge in [-0.15, -0.1) is 11.8 Å². The normalized spacial score (nSPS) is 26.3. The first kappa shape index (κ1) is 15.7. The molecule has 2 saturated heterocycles. The SMILES string of the molecule is CC(C)CC(=O)N1CCC2(C1)SCCN2C(=O)C(C)C. The van der Waals surface area contributed by atoms with E-state index in [-0.39, 0.29) is 22.6 Å². The van der Waals surface area contributed by atoms with Crippen LogP contribution in [-0.4, -0.2) is 51.9 Å². The van der Waals surface area contributed by atoms with Crippen LogP contribution >= 0.6 is 11.8 Å². The van der Waals surface area contributed by atoms with Gasteiger partial charge < -0.3 is 9.80 Å². The maximum absolute atomic E-state index is 12.4. The second-order valence-corrected chi connectivity index (χ2v) is 8.06. The molecule has 2 aliphatic heterocycles.